The third kappa shape index (κ3) is 17.2. The van der Waals surface area contributed by atoms with Gasteiger partial charge >= 0.3 is 5.97 Å². The average molecular weight is 1050 g/mol. The standard InChI is InChI=1S/C49H64N10O12S2/c1-26(60)40-48(69)53-35(14-8-9-19-50)43(64)54-36(21-29-15-17-31(62)18-16-29)44(65)57-39(47(68)59-41(27(2)61)49(70)71)25-73-72-24-38(56-42(63)33(51)20-28-10-4-3-5-11-28)46(67)55-37(45(66)58-40)22-30-23-52-34-13-7-6-12-32(30)34/h3-7,10-13,15-18,23,26-27,33,35-41,52,60-62H,8-9,14,19-22,24-25,50-51H2,1-2H3,(H,53,69)(H,54,64)(H,55,67)(H,56,63)(H,57,65)(H,58,66)(H,59,68)(H,70,71)/t26-,27-,33+,35+,36+,37-,38+,39+,40+,41+/m1/s1. The normalized spacial score (nSPS) is 22.5. The lowest BCUT2D eigenvalue weighted by Crippen LogP contribution is -2.62. The Morgan fingerprint density at radius 2 is 1.34 bits per heavy atom. The van der Waals surface area contributed by atoms with Gasteiger partial charge in [-0.05, 0) is 81.0 Å². The summed E-state index contributed by atoms with van der Waals surface area (Å²) >= 11 is 0. The van der Waals surface area contributed by atoms with E-state index in [1.54, 1.807) is 54.7 Å². The van der Waals surface area contributed by atoms with Gasteiger partial charge in [0.15, 0.2) is 6.04 Å². The van der Waals surface area contributed by atoms with Crippen molar-refractivity contribution in [3.8, 4) is 5.75 Å². The number of hydrogen-bond acceptors (Lipinski definition) is 15. The summed E-state index contributed by atoms with van der Waals surface area (Å²) in [5, 5.41) is 59.8. The number of nitrogens with two attached hydrogens (primary N) is 2. The Bertz CT molecular complexity index is 2530. The predicted octanol–water partition coefficient (Wildman–Crippen LogP) is -1.01. The van der Waals surface area contributed by atoms with Gasteiger partial charge in [-0.1, -0.05) is 82.3 Å². The van der Waals surface area contributed by atoms with Crippen molar-refractivity contribution in [2.45, 2.75) is 113 Å². The molecule has 1 saturated heterocycles. The fourth-order valence-corrected chi connectivity index (χ4v) is 10.1. The first-order chi connectivity index (χ1) is 34.8. The highest BCUT2D eigenvalue weighted by Crippen LogP contribution is 2.25. The number of amides is 7. The van der Waals surface area contributed by atoms with Crippen molar-refractivity contribution in [2.24, 2.45) is 11.5 Å². The number of H-pyrrole nitrogens is 1. The van der Waals surface area contributed by atoms with Gasteiger partial charge in [-0.3, -0.25) is 33.6 Å². The lowest BCUT2D eigenvalue weighted by atomic mass is 10.0. The molecular weight excluding hydrogens is 985 g/mol. The van der Waals surface area contributed by atoms with Crippen LogP contribution in [0.3, 0.4) is 0 Å². The largest absolute Gasteiger partial charge is 0.508 e. The number of aromatic nitrogens is 1. The van der Waals surface area contributed by atoms with Crippen LogP contribution < -0.4 is 48.7 Å². The fourth-order valence-electron chi connectivity index (χ4n) is 7.79. The fraction of sp³-hybridized carbons (Fsp3) is 0.429. The Kier molecular flexibility index (Phi) is 21.9. The number of hydrogen-bond donors (Lipinski definition) is 14. The molecule has 10 atom stereocenters. The number of fused-ring (bicyclic) bond motifs is 1. The molecule has 0 aliphatic carbocycles. The summed E-state index contributed by atoms with van der Waals surface area (Å²) in [5.74, 6) is -8.57. The smallest absolute Gasteiger partial charge is 0.328 e. The number of carboxylic acids is 1. The van der Waals surface area contributed by atoms with Gasteiger partial charge in [0, 0.05) is 41.4 Å². The monoisotopic (exact) mass is 1050 g/mol. The number of aliphatic carboxylic acids is 1. The summed E-state index contributed by atoms with van der Waals surface area (Å²) in [7, 11) is 1.91. The molecule has 5 rings (SSSR count). The SMILES string of the molecule is C[C@@H](O)[C@H](NC(=O)[C@@H]1CSSC[C@H](NC(=O)[C@@H](N)Cc2ccccc2)C(=O)N[C@H](Cc2c[nH]c3ccccc23)C(=O)N[C@@H]([C@@H](C)O)C(=O)N[C@@H](CCCCN)C(=O)N[C@@H](Cc2ccc(O)cc2)C(=O)N1)C(=O)O. The van der Waals surface area contributed by atoms with E-state index in [0.29, 0.717) is 29.4 Å². The minimum Gasteiger partial charge on any atom is -0.508 e. The number of phenols is 1. The molecule has 1 aliphatic rings. The number of aromatic amines is 1. The third-order valence-corrected chi connectivity index (χ3v) is 14.3. The number of nitrogens with one attached hydrogen (secondary N) is 8. The Labute approximate surface area is 429 Å². The van der Waals surface area contributed by atoms with Gasteiger partial charge < -0.3 is 74.1 Å². The van der Waals surface area contributed by atoms with Gasteiger partial charge in [-0.15, -0.1) is 0 Å². The number of carboxylic acid groups (broad SMARTS) is 1. The molecule has 0 radical (unpaired) electrons. The molecule has 0 bridgehead atoms. The molecule has 1 aliphatic heterocycles. The van der Waals surface area contributed by atoms with Crippen molar-refractivity contribution >= 4 is 79.8 Å². The molecule has 73 heavy (non-hydrogen) atoms. The molecule has 0 saturated carbocycles. The summed E-state index contributed by atoms with van der Waals surface area (Å²) in [6, 6.07) is 9.80. The van der Waals surface area contributed by atoms with Crippen LogP contribution in [0.25, 0.3) is 10.9 Å². The molecule has 4 aromatic rings. The maximum absolute atomic E-state index is 14.5. The Morgan fingerprint density at radius 3 is 2.01 bits per heavy atom. The van der Waals surface area contributed by atoms with E-state index in [-0.39, 0.29) is 49.5 Å². The maximum Gasteiger partial charge on any atom is 0.328 e. The van der Waals surface area contributed by atoms with E-state index in [1.165, 1.54) is 31.2 Å². The zero-order valence-electron chi connectivity index (χ0n) is 40.2. The van der Waals surface area contributed by atoms with E-state index in [9.17, 15) is 58.8 Å². The number of aliphatic hydroxyl groups is 2. The zero-order valence-corrected chi connectivity index (χ0v) is 41.9. The highest BCUT2D eigenvalue weighted by Gasteiger charge is 2.37. The van der Waals surface area contributed by atoms with E-state index in [4.69, 9.17) is 11.5 Å². The van der Waals surface area contributed by atoms with Gasteiger partial charge in [0.1, 0.15) is 42.0 Å². The van der Waals surface area contributed by atoms with Crippen LogP contribution in [0.15, 0.2) is 85.1 Å². The second kappa shape index (κ2) is 27.9. The number of unbranched alkanes of at least 4 members (excludes halogenated alkanes) is 1. The van der Waals surface area contributed by atoms with Crippen LogP contribution in [0.5, 0.6) is 5.75 Å². The van der Waals surface area contributed by atoms with Gasteiger partial charge in [-0.2, -0.15) is 0 Å². The molecule has 0 spiro atoms. The Morgan fingerprint density at radius 1 is 0.726 bits per heavy atom. The number of aliphatic hydroxyl groups excluding tert-OH is 2. The molecule has 22 nitrogen and oxygen atoms in total. The van der Waals surface area contributed by atoms with E-state index in [2.05, 4.69) is 42.2 Å². The number of para-hydroxylation sites is 1. The zero-order chi connectivity index (χ0) is 53.2. The van der Waals surface area contributed by atoms with Crippen LogP contribution in [-0.2, 0) is 57.6 Å². The van der Waals surface area contributed by atoms with Gasteiger partial charge in [0.05, 0.1) is 18.2 Å². The lowest BCUT2D eigenvalue weighted by molar-refractivity contribution is -0.145. The number of aromatic hydroxyl groups is 1. The molecule has 2 heterocycles. The Hall–Kier alpha value is -6.70. The number of rotatable bonds is 17. The Balaban J connectivity index is 1.57. The first-order valence-corrected chi connectivity index (χ1v) is 26.1. The minimum absolute atomic E-state index is 0.0288. The van der Waals surface area contributed by atoms with Crippen LogP contribution in [0.2, 0.25) is 0 Å². The van der Waals surface area contributed by atoms with Crippen molar-refractivity contribution < 1.29 is 58.8 Å². The predicted molar refractivity (Wildman–Crippen MR) is 274 cm³/mol. The van der Waals surface area contributed by atoms with Crippen LogP contribution >= 0.6 is 21.6 Å². The summed E-state index contributed by atoms with van der Waals surface area (Å²) in [4.78, 5) is 115. The average Bonchev–Trinajstić information content (AvgIpc) is 3.76. The second-order valence-corrected chi connectivity index (χ2v) is 20.2. The van der Waals surface area contributed by atoms with Crippen molar-refractivity contribution in [3.05, 3.63) is 102 Å². The molecule has 394 valence electrons. The lowest BCUT2D eigenvalue weighted by Gasteiger charge is -2.29. The quantitative estimate of drug-likeness (QED) is 0.0445. The number of carbonyl (C=O) groups is 8. The highest BCUT2D eigenvalue weighted by atomic mass is 33.1. The molecular formula is C49H64N10O12S2. The number of carbonyl (C=O) groups excluding carboxylic acids is 7. The molecule has 16 N–H and O–H groups in total. The van der Waals surface area contributed by atoms with Crippen LogP contribution in [0, 0.1) is 0 Å². The van der Waals surface area contributed by atoms with Crippen molar-refractivity contribution in [3.63, 3.8) is 0 Å². The molecule has 1 fully saturated rings. The van der Waals surface area contributed by atoms with E-state index in [1.807, 2.05) is 6.07 Å². The number of phenolic OH excluding ortho intramolecular Hbond substituents is 1. The van der Waals surface area contributed by atoms with Crippen LogP contribution in [0.4, 0.5) is 0 Å². The minimum atomic E-state index is -1.81. The highest BCUT2D eigenvalue weighted by molar-refractivity contribution is 8.76. The van der Waals surface area contributed by atoms with Crippen molar-refractivity contribution in [1.29, 1.82) is 0 Å². The second-order valence-electron chi connectivity index (χ2n) is 17.7. The summed E-state index contributed by atoms with van der Waals surface area (Å²) in [5.41, 5.74) is 14.6. The first-order valence-electron chi connectivity index (χ1n) is 23.6. The first kappa shape index (κ1) is 57.2. The summed E-state index contributed by atoms with van der Waals surface area (Å²) in [6.45, 7) is 2.61. The van der Waals surface area contributed by atoms with Crippen molar-refractivity contribution in [1.82, 2.24) is 42.2 Å². The van der Waals surface area contributed by atoms with E-state index >= 15 is 0 Å². The maximum atomic E-state index is 14.5. The van der Waals surface area contributed by atoms with Gasteiger partial charge in [0.2, 0.25) is 41.4 Å². The van der Waals surface area contributed by atoms with Crippen molar-refractivity contribution in [2.75, 3.05) is 18.1 Å². The molecule has 24 heteroatoms. The van der Waals surface area contributed by atoms with E-state index in [0.717, 1.165) is 39.6 Å². The topological polar surface area (TPSA) is 370 Å². The summed E-state index contributed by atoms with van der Waals surface area (Å²) in [6.07, 6.45) is -1.10. The third-order valence-electron chi connectivity index (χ3n) is 11.9. The molecule has 0 unspecified atom stereocenters. The number of benzene rings is 3. The van der Waals surface area contributed by atoms with Gasteiger partial charge in [0.25, 0.3) is 0 Å². The molecule has 7 amide bonds. The van der Waals surface area contributed by atoms with E-state index < -0.39 is 108 Å². The molecule has 3 aromatic carbocycles. The van der Waals surface area contributed by atoms with Crippen LogP contribution in [-0.4, -0.2) is 151 Å². The van der Waals surface area contributed by atoms with Gasteiger partial charge in [-0.25, -0.2) is 4.79 Å². The van der Waals surface area contributed by atoms with Crippen LogP contribution in [0.1, 0.15) is 49.8 Å². The molecule has 1 aromatic heterocycles. The summed E-state index contributed by atoms with van der Waals surface area (Å²) < 4.78 is 0.